The third-order valence-corrected chi connectivity index (χ3v) is 4.26. The van der Waals surface area contributed by atoms with Gasteiger partial charge in [-0.15, -0.1) is 0 Å². The van der Waals surface area contributed by atoms with E-state index in [1.807, 2.05) is 0 Å². The largest absolute Gasteiger partial charge is 0.495 e. The number of methoxy groups -OCH3 is 1. The maximum atomic E-state index is 12.8. The lowest BCUT2D eigenvalue weighted by Crippen LogP contribution is -2.31. The van der Waals surface area contributed by atoms with Crippen molar-refractivity contribution in [3.05, 3.63) is 28.8 Å². The van der Waals surface area contributed by atoms with Crippen molar-refractivity contribution in [3.63, 3.8) is 0 Å². The molecule has 0 aliphatic heterocycles. The van der Waals surface area contributed by atoms with E-state index in [1.54, 1.807) is 0 Å². The van der Waals surface area contributed by atoms with Gasteiger partial charge in [-0.05, 0) is 37.5 Å². The Bertz CT molecular complexity index is 528. The Kier molecular flexibility index (Phi) is 4.81. The first-order valence-corrected chi connectivity index (χ1v) is 7.15. The minimum atomic E-state index is -4.23. The molecule has 1 aliphatic carbocycles. The molecule has 0 N–H and O–H groups in total. The Labute approximate surface area is 126 Å². The maximum Gasteiger partial charge on any atom is 0.391 e. The molecule has 0 amide bonds. The highest BCUT2D eigenvalue weighted by atomic mass is 35.5. The molecular weight excluding hydrogens is 305 g/mol. The number of alkyl halides is 3. The van der Waals surface area contributed by atoms with Crippen molar-refractivity contribution >= 4 is 17.4 Å². The van der Waals surface area contributed by atoms with Crippen LogP contribution in [0.25, 0.3) is 0 Å². The van der Waals surface area contributed by atoms with E-state index in [0.29, 0.717) is 29.2 Å². The number of hydrogen-bond acceptors (Lipinski definition) is 2. The molecule has 0 heterocycles. The van der Waals surface area contributed by atoms with E-state index >= 15 is 0 Å². The van der Waals surface area contributed by atoms with Gasteiger partial charge in [0.05, 0.1) is 18.1 Å². The first-order chi connectivity index (χ1) is 9.82. The number of carbonyl (C=O) groups excluding carboxylic acids is 1. The Balaban J connectivity index is 2.16. The molecule has 1 aliphatic rings. The Hall–Kier alpha value is -1.23. The number of hydrogen-bond donors (Lipinski definition) is 0. The van der Waals surface area contributed by atoms with E-state index < -0.39 is 18.0 Å². The van der Waals surface area contributed by atoms with E-state index in [4.69, 9.17) is 16.3 Å². The second kappa shape index (κ2) is 6.26. The summed E-state index contributed by atoms with van der Waals surface area (Å²) < 4.78 is 43.4. The van der Waals surface area contributed by atoms with Gasteiger partial charge >= 0.3 is 6.18 Å². The summed E-state index contributed by atoms with van der Waals surface area (Å²) in [5, 5.41) is 0.367. The monoisotopic (exact) mass is 320 g/mol. The molecule has 2 nitrogen and oxygen atoms in total. The fourth-order valence-electron chi connectivity index (χ4n) is 2.77. The highest BCUT2D eigenvalue weighted by molar-refractivity contribution is 6.32. The van der Waals surface area contributed by atoms with Crippen LogP contribution >= 0.6 is 11.6 Å². The van der Waals surface area contributed by atoms with Crippen LogP contribution in [-0.4, -0.2) is 19.1 Å². The second-order valence-corrected chi connectivity index (χ2v) is 5.72. The summed E-state index contributed by atoms with van der Waals surface area (Å²) in [6.45, 7) is 0. The van der Waals surface area contributed by atoms with Crippen molar-refractivity contribution in [2.75, 3.05) is 7.11 Å². The Morgan fingerprint density at radius 2 is 2.05 bits per heavy atom. The Morgan fingerprint density at radius 3 is 2.67 bits per heavy atom. The van der Waals surface area contributed by atoms with Gasteiger partial charge in [-0.3, -0.25) is 4.79 Å². The summed E-state index contributed by atoms with van der Waals surface area (Å²) in [7, 11) is 1.43. The molecular formula is C15H16ClF3O2. The lowest BCUT2D eigenvalue weighted by Gasteiger charge is -2.29. The summed E-state index contributed by atoms with van der Waals surface area (Å²) in [5.74, 6) is -1.88. The van der Waals surface area contributed by atoms with Gasteiger partial charge < -0.3 is 4.74 Å². The average Bonchev–Trinajstić information content (AvgIpc) is 2.46. The fourth-order valence-corrected chi connectivity index (χ4v) is 2.97. The van der Waals surface area contributed by atoms with Gasteiger partial charge in [-0.25, -0.2) is 0 Å². The molecule has 6 heteroatoms. The molecule has 1 aromatic carbocycles. The van der Waals surface area contributed by atoms with Crippen molar-refractivity contribution in [1.29, 1.82) is 0 Å². The van der Waals surface area contributed by atoms with E-state index in [9.17, 15) is 18.0 Å². The number of carbonyl (C=O) groups is 1. The highest BCUT2D eigenvalue weighted by Crippen LogP contribution is 2.41. The van der Waals surface area contributed by atoms with Crippen LogP contribution in [0.3, 0.4) is 0 Å². The smallest absolute Gasteiger partial charge is 0.391 e. The normalized spacial score (nSPS) is 22.9. The third-order valence-electron chi connectivity index (χ3n) is 3.94. The lowest BCUT2D eigenvalue weighted by atomic mass is 9.77. The van der Waals surface area contributed by atoms with Crippen LogP contribution in [0.5, 0.6) is 5.75 Å². The van der Waals surface area contributed by atoms with Gasteiger partial charge in [0.15, 0.2) is 5.78 Å². The van der Waals surface area contributed by atoms with Crippen LogP contribution < -0.4 is 4.74 Å². The zero-order valence-electron chi connectivity index (χ0n) is 11.5. The number of ether oxygens (including phenoxy) is 1. The van der Waals surface area contributed by atoms with Crippen LogP contribution in [0.4, 0.5) is 13.2 Å². The topological polar surface area (TPSA) is 26.3 Å². The van der Waals surface area contributed by atoms with Gasteiger partial charge in [0.25, 0.3) is 0 Å². The number of rotatable bonds is 3. The van der Waals surface area contributed by atoms with Gasteiger partial charge in [0.1, 0.15) is 5.75 Å². The molecule has 2 atom stereocenters. The van der Waals surface area contributed by atoms with Crippen LogP contribution in [0, 0.1) is 11.8 Å². The SMILES string of the molecule is COc1cc(C(=O)C2CCCC(C(F)(F)F)C2)ccc1Cl. The molecule has 21 heavy (non-hydrogen) atoms. The van der Waals surface area contributed by atoms with Crippen molar-refractivity contribution in [3.8, 4) is 5.75 Å². The fraction of sp³-hybridized carbons (Fsp3) is 0.533. The molecule has 2 unspecified atom stereocenters. The third kappa shape index (κ3) is 3.70. The maximum absolute atomic E-state index is 12.8. The van der Waals surface area contributed by atoms with Gasteiger partial charge in [0.2, 0.25) is 0 Å². The molecule has 0 radical (unpaired) electrons. The zero-order valence-corrected chi connectivity index (χ0v) is 12.3. The first kappa shape index (κ1) is 16.1. The number of halogens is 4. The zero-order chi connectivity index (χ0) is 15.6. The number of benzene rings is 1. The van der Waals surface area contributed by atoms with Crippen LogP contribution in [-0.2, 0) is 0 Å². The van der Waals surface area contributed by atoms with Crippen molar-refractivity contribution in [1.82, 2.24) is 0 Å². The Morgan fingerprint density at radius 1 is 1.33 bits per heavy atom. The quantitative estimate of drug-likeness (QED) is 0.740. The summed E-state index contributed by atoms with van der Waals surface area (Å²) >= 11 is 5.88. The molecule has 0 spiro atoms. The molecule has 1 fully saturated rings. The van der Waals surface area contributed by atoms with Gasteiger partial charge in [-0.1, -0.05) is 18.0 Å². The molecule has 2 rings (SSSR count). The van der Waals surface area contributed by atoms with Crippen molar-refractivity contribution in [2.45, 2.75) is 31.9 Å². The minimum absolute atomic E-state index is 0.108. The highest BCUT2D eigenvalue weighted by Gasteiger charge is 2.43. The van der Waals surface area contributed by atoms with E-state index in [0.717, 1.165) is 0 Å². The second-order valence-electron chi connectivity index (χ2n) is 5.32. The average molecular weight is 321 g/mol. The predicted octanol–water partition coefficient (Wildman–Crippen LogP) is 4.90. The standard InChI is InChI=1S/C15H16ClF3O2/c1-21-13-8-10(5-6-12(13)16)14(20)9-3-2-4-11(7-9)15(17,18)19/h5-6,8-9,11H,2-4,7H2,1H3. The predicted molar refractivity (Wildman–Crippen MR) is 73.8 cm³/mol. The molecule has 1 saturated carbocycles. The molecule has 0 bridgehead atoms. The minimum Gasteiger partial charge on any atom is -0.495 e. The van der Waals surface area contributed by atoms with Crippen molar-refractivity contribution in [2.24, 2.45) is 11.8 Å². The van der Waals surface area contributed by atoms with Crippen LogP contribution in [0.2, 0.25) is 5.02 Å². The summed E-state index contributed by atoms with van der Waals surface area (Å²) in [4.78, 5) is 12.4. The number of ketones is 1. The summed E-state index contributed by atoms with van der Waals surface area (Å²) in [5.41, 5.74) is 0.351. The summed E-state index contributed by atoms with van der Waals surface area (Å²) in [6.07, 6.45) is -3.33. The molecule has 0 aromatic heterocycles. The van der Waals surface area contributed by atoms with Gasteiger partial charge in [-0.2, -0.15) is 13.2 Å². The van der Waals surface area contributed by atoms with E-state index in [1.165, 1.54) is 25.3 Å². The van der Waals surface area contributed by atoms with E-state index in [2.05, 4.69) is 0 Å². The first-order valence-electron chi connectivity index (χ1n) is 6.77. The van der Waals surface area contributed by atoms with Crippen molar-refractivity contribution < 1.29 is 22.7 Å². The number of Topliss-reactive ketones (excluding diaryl/α,β-unsaturated/α-hetero) is 1. The summed E-state index contributed by atoms with van der Waals surface area (Å²) in [6, 6.07) is 4.55. The van der Waals surface area contributed by atoms with E-state index in [-0.39, 0.29) is 18.6 Å². The lowest BCUT2D eigenvalue weighted by molar-refractivity contribution is -0.184. The molecule has 1 aromatic rings. The van der Waals surface area contributed by atoms with Gasteiger partial charge in [0, 0.05) is 11.5 Å². The molecule has 0 saturated heterocycles. The van der Waals surface area contributed by atoms with Crippen LogP contribution in [0.1, 0.15) is 36.0 Å². The molecule has 116 valence electrons. The van der Waals surface area contributed by atoms with Crippen LogP contribution in [0.15, 0.2) is 18.2 Å².